The first-order chi connectivity index (χ1) is 6.72. The highest BCUT2D eigenvalue weighted by Gasteiger charge is 2.00. The van der Waals surface area contributed by atoms with Crippen molar-refractivity contribution in [2.24, 2.45) is 5.92 Å². The second-order valence-corrected chi connectivity index (χ2v) is 3.42. The molecular weight excluding hydrogens is 180 g/mol. The second-order valence-electron chi connectivity index (χ2n) is 3.42. The summed E-state index contributed by atoms with van der Waals surface area (Å²) in [5.41, 5.74) is 0.689. The smallest absolute Gasteiger partial charge is 0.216 e. The van der Waals surface area contributed by atoms with Crippen molar-refractivity contribution in [1.82, 2.24) is 9.97 Å². The van der Waals surface area contributed by atoms with Crippen molar-refractivity contribution in [3.05, 3.63) is 18.1 Å². The molecule has 0 saturated carbocycles. The molecule has 14 heavy (non-hydrogen) atoms. The lowest BCUT2D eigenvalue weighted by atomic mass is 10.2. The van der Waals surface area contributed by atoms with Gasteiger partial charge in [0.2, 0.25) is 5.88 Å². The highest BCUT2D eigenvalue weighted by molar-refractivity contribution is 5.53. The van der Waals surface area contributed by atoms with Crippen molar-refractivity contribution in [2.75, 3.05) is 6.61 Å². The Hall–Kier alpha value is -1.45. The number of carbonyl (C=O) groups is 1. The molecule has 1 heterocycles. The van der Waals surface area contributed by atoms with Gasteiger partial charge in [0.05, 0.1) is 12.3 Å². The van der Waals surface area contributed by atoms with Crippen LogP contribution in [0.5, 0.6) is 5.88 Å². The third kappa shape index (κ3) is 3.51. The van der Waals surface area contributed by atoms with Gasteiger partial charge >= 0.3 is 0 Å². The molecule has 0 atom stereocenters. The van der Waals surface area contributed by atoms with E-state index < -0.39 is 0 Å². The minimum Gasteiger partial charge on any atom is -0.477 e. The van der Waals surface area contributed by atoms with Gasteiger partial charge in [-0.3, -0.25) is 0 Å². The summed E-state index contributed by atoms with van der Waals surface area (Å²) in [6.07, 6.45) is 2.53. The van der Waals surface area contributed by atoms with Crippen LogP contribution in [0.2, 0.25) is 0 Å². The quantitative estimate of drug-likeness (QED) is 0.662. The van der Waals surface area contributed by atoms with Crippen LogP contribution < -0.4 is 4.74 Å². The van der Waals surface area contributed by atoms with E-state index in [9.17, 15) is 4.79 Å². The predicted molar refractivity (Wildman–Crippen MR) is 52.1 cm³/mol. The molecule has 0 radical (unpaired) electrons. The van der Waals surface area contributed by atoms with Crippen LogP contribution in [0, 0.1) is 5.92 Å². The van der Waals surface area contributed by atoms with E-state index >= 15 is 0 Å². The Labute approximate surface area is 83.3 Å². The Kier molecular flexibility index (Phi) is 4.04. The molecule has 1 rings (SSSR count). The van der Waals surface area contributed by atoms with Crippen molar-refractivity contribution >= 4 is 6.29 Å². The second kappa shape index (κ2) is 5.32. The average molecular weight is 194 g/mol. The van der Waals surface area contributed by atoms with Crippen molar-refractivity contribution in [1.29, 1.82) is 0 Å². The SMILES string of the molecule is CC(C)COc1cc(CC=O)ncn1. The molecule has 0 N–H and O–H groups in total. The fraction of sp³-hybridized carbons (Fsp3) is 0.500. The number of hydrogen-bond acceptors (Lipinski definition) is 4. The predicted octanol–water partition coefficient (Wildman–Crippen LogP) is 1.25. The topological polar surface area (TPSA) is 52.1 Å². The molecule has 1 aromatic heterocycles. The molecule has 0 saturated heterocycles. The van der Waals surface area contributed by atoms with E-state index in [4.69, 9.17) is 4.74 Å². The minimum absolute atomic E-state index is 0.306. The maximum atomic E-state index is 10.3. The number of nitrogens with zero attached hydrogens (tertiary/aromatic N) is 2. The highest BCUT2D eigenvalue weighted by atomic mass is 16.5. The maximum Gasteiger partial charge on any atom is 0.216 e. The van der Waals surface area contributed by atoms with Gasteiger partial charge < -0.3 is 9.53 Å². The molecule has 0 aliphatic heterocycles. The Morgan fingerprint density at radius 2 is 2.29 bits per heavy atom. The summed E-state index contributed by atoms with van der Waals surface area (Å²) in [5.74, 6) is 0.991. The zero-order valence-electron chi connectivity index (χ0n) is 8.43. The lowest BCUT2D eigenvalue weighted by Gasteiger charge is -2.07. The van der Waals surface area contributed by atoms with Crippen LogP contribution in [0.1, 0.15) is 19.5 Å². The molecule has 4 nitrogen and oxygen atoms in total. The van der Waals surface area contributed by atoms with Crippen LogP contribution in [0.4, 0.5) is 0 Å². The lowest BCUT2D eigenvalue weighted by Crippen LogP contribution is -2.06. The molecule has 0 aliphatic rings. The van der Waals surface area contributed by atoms with Crippen LogP contribution >= 0.6 is 0 Å². The molecule has 0 fully saturated rings. The van der Waals surface area contributed by atoms with E-state index in [2.05, 4.69) is 23.8 Å². The molecule has 1 aromatic rings. The molecule has 0 amide bonds. The fourth-order valence-electron chi connectivity index (χ4n) is 0.905. The first-order valence-corrected chi connectivity index (χ1v) is 4.59. The van der Waals surface area contributed by atoms with Crippen molar-refractivity contribution in [3.8, 4) is 5.88 Å². The highest BCUT2D eigenvalue weighted by Crippen LogP contribution is 2.08. The summed E-state index contributed by atoms with van der Waals surface area (Å²) in [4.78, 5) is 18.1. The van der Waals surface area contributed by atoms with Gasteiger partial charge in [-0.25, -0.2) is 9.97 Å². The molecule has 76 valence electrons. The summed E-state index contributed by atoms with van der Waals surface area (Å²) in [6, 6.07) is 1.69. The maximum absolute atomic E-state index is 10.3. The number of aldehydes is 1. The van der Waals surface area contributed by atoms with Crippen LogP contribution in [0.3, 0.4) is 0 Å². The van der Waals surface area contributed by atoms with Crippen LogP contribution in [0.15, 0.2) is 12.4 Å². The van der Waals surface area contributed by atoms with E-state index in [-0.39, 0.29) is 0 Å². The van der Waals surface area contributed by atoms with Crippen molar-refractivity contribution in [3.63, 3.8) is 0 Å². The zero-order chi connectivity index (χ0) is 10.4. The summed E-state index contributed by atoms with van der Waals surface area (Å²) in [5, 5.41) is 0. The van der Waals surface area contributed by atoms with Gasteiger partial charge in [0.25, 0.3) is 0 Å². The number of aromatic nitrogens is 2. The van der Waals surface area contributed by atoms with Crippen LogP contribution in [0.25, 0.3) is 0 Å². The van der Waals surface area contributed by atoms with E-state index in [1.54, 1.807) is 6.07 Å². The lowest BCUT2D eigenvalue weighted by molar-refractivity contribution is -0.107. The Morgan fingerprint density at radius 1 is 1.50 bits per heavy atom. The fourth-order valence-corrected chi connectivity index (χ4v) is 0.905. The molecule has 0 aliphatic carbocycles. The third-order valence-corrected chi connectivity index (χ3v) is 1.56. The van der Waals surface area contributed by atoms with Crippen LogP contribution in [-0.4, -0.2) is 22.9 Å². The van der Waals surface area contributed by atoms with Gasteiger partial charge in [0.1, 0.15) is 12.6 Å². The standard InChI is InChI=1S/C10H14N2O2/c1-8(2)6-14-10-5-9(3-4-13)11-7-12-10/h4-5,7-8H,3,6H2,1-2H3. The molecular formula is C10H14N2O2. The summed E-state index contributed by atoms with van der Waals surface area (Å²) >= 11 is 0. The van der Waals surface area contributed by atoms with E-state index in [0.717, 1.165) is 6.29 Å². The van der Waals surface area contributed by atoms with Gasteiger partial charge in [0.15, 0.2) is 0 Å². The van der Waals surface area contributed by atoms with Crippen molar-refractivity contribution < 1.29 is 9.53 Å². The largest absolute Gasteiger partial charge is 0.477 e. The summed E-state index contributed by atoms with van der Waals surface area (Å²) in [7, 11) is 0. The number of hydrogen-bond donors (Lipinski definition) is 0. The Morgan fingerprint density at radius 3 is 2.93 bits per heavy atom. The normalized spacial score (nSPS) is 10.2. The summed E-state index contributed by atoms with van der Waals surface area (Å²) in [6.45, 7) is 4.75. The third-order valence-electron chi connectivity index (χ3n) is 1.56. The van der Waals surface area contributed by atoms with Gasteiger partial charge in [-0.05, 0) is 5.92 Å². The first kappa shape index (κ1) is 10.6. The van der Waals surface area contributed by atoms with E-state index in [1.807, 2.05) is 0 Å². The Balaban J connectivity index is 2.58. The average Bonchev–Trinajstić information content (AvgIpc) is 2.16. The van der Waals surface area contributed by atoms with Gasteiger partial charge in [-0.15, -0.1) is 0 Å². The molecule has 0 spiro atoms. The molecule has 0 aromatic carbocycles. The van der Waals surface area contributed by atoms with Gasteiger partial charge in [-0.2, -0.15) is 0 Å². The number of ether oxygens (including phenoxy) is 1. The zero-order valence-corrected chi connectivity index (χ0v) is 8.43. The molecule has 4 heteroatoms. The summed E-state index contributed by atoms with van der Waals surface area (Å²) < 4.78 is 5.39. The molecule has 0 bridgehead atoms. The first-order valence-electron chi connectivity index (χ1n) is 4.59. The van der Waals surface area contributed by atoms with Gasteiger partial charge in [-0.1, -0.05) is 13.8 Å². The molecule has 0 unspecified atom stereocenters. The van der Waals surface area contributed by atoms with E-state index in [1.165, 1.54) is 6.33 Å². The number of rotatable bonds is 5. The monoisotopic (exact) mass is 194 g/mol. The van der Waals surface area contributed by atoms with Crippen molar-refractivity contribution in [2.45, 2.75) is 20.3 Å². The number of carbonyl (C=O) groups excluding carboxylic acids is 1. The van der Waals surface area contributed by atoms with Crippen LogP contribution in [-0.2, 0) is 11.2 Å². The van der Waals surface area contributed by atoms with E-state index in [0.29, 0.717) is 30.5 Å². The Bertz CT molecular complexity index is 300. The minimum atomic E-state index is 0.306. The van der Waals surface area contributed by atoms with Gasteiger partial charge in [0, 0.05) is 12.5 Å².